The number of esters is 1. The Morgan fingerprint density at radius 1 is 1.37 bits per heavy atom. The van der Waals surface area contributed by atoms with Crippen LogP contribution in [0.5, 0.6) is 0 Å². The molecular formula is C14H23NO4. The third kappa shape index (κ3) is 3.54. The molecule has 0 spiro atoms. The maximum atomic E-state index is 11.6. The van der Waals surface area contributed by atoms with Gasteiger partial charge in [-0.15, -0.1) is 0 Å². The number of nitrogens with zero attached hydrogens (tertiary/aromatic N) is 1. The van der Waals surface area contributed by atoms with Gasteiger partial charge in [0.2, 0.25) is 0 Å². The monoisotopic (exact) mass is 269 g/mol. The number of aldehydes is 1. The van der Waals surface area contributed by atoms with Crippen LogP contribution in [0.2, 0.25) is 0 Å². The Morgan fingerprint density at radius 2 is 2.05 bits per heavy atom. The summed E-state index contributed by atoms with van der Waals surface area (Å²) in [6.07, 6.45) is 5.65. The molecule has 0 N–H and O–H groups in total. The summed E-state index contributed by atoms with van der Waals surface area (Å²) in [7, 11) is 1.62. The van der Waals surface area contributed by atoms with Gasteiger partial charge in [0.05, 0.1) is 17.9 Å². The molecule has 1 heterocycles. The zero-order valence-corrected chi connectivity index (χ0v) is 11.6. The van der Waals surface area contributed by atoms with Crippen molar-refractivity contribution in [2.24, 2.45) is 11.3 Å². The van der Waals surface area contributed by atoms with Gasteiger partial charge < -0.3 is 14.3 Å². The van der Waals surface area contributed by atoms with Crippen LogP contribution in [0.15, 0.2) is 0 Å². The molecule has 1 saturated heterocycles. The van der Waals surface area contributed by atoms with Crippen molar-refractivity contribution in [1.82, 2.24) is 4.90 Å². The van der Waals surface area contributed by atoms with E-state index in [0.29, 0.717) is 13.3 Å². The second-order valence-corrected chi connectivity index (χ2v) is 5.75. The van der Waals surface area contributed by atoms with Gasteiger partial charge in [-0.05, 0) is 25.7 Å². The summed E-state index contributed by atoms with van der Waals surface area (Å²) >= 11 is 0. The van der Waals surface area contributed by atoms with Crippen LogP contribution >= 0.6 is 0 Å². The Balaban J connectivity index is 1.70. The van der Waals surface area contributed by atoms with Crippen molar-refractivity contribution in [2.45, 2.75) is 32.1 Å². The summed E-state index contributed by atoms with van der Waals surface area (Å²) in [6.45, 7) is 2.39. The molecule has 1 aliphatic heterocycles. The van der Waals surface area contributed by atoms with Gasteiger partial charge in [0, 0.05) is 20.2 Å². The van der Waals surface area contributed by atoms with Crippen LogP contribution in [0, 0.1) is 11.3 Å². The van der Waals surface area contributed by atoms with Crippen molar-refractivity contribution >= 4 is 12.3 Å². The molecule has 2 fully saturated rings. The van der Waals surface area contributed by atoms with Crippen LogP contribution in [0.4, 0.5) is 0 Å². The van der Waals surface area contributed by atoms with Gasteiger partial charge in [-0.25, -0.2) is 0 Å². The van der Waals surface area contributed by atoms with Crippen LogP contribution in [-0.4, -0.2) is 50.7 Å². The Labute approximate surface area is 114 Å². The van der Waals surface area contributed by atoms with E-state index in [1.54, 1.807) is 7.11 Å². The molecule has 19 heavy (non-hydrogen) atoms. The minimum Gasteiger partial charge on any atom is -0.449 e. The Bertz CT molecular complexity index is 319. The van der Waals surface area contributed by atoms with Crippen molar-refractivity contribution in [3.63, 3.8) is 0 Å². The Hall–Kier alpha value is -0.940. The number of rotatable bonds is 6. The molecule has 5 heteroatoms. The highest BCUT2D eigenvalue weighted by molar-refractivity contribution is 5.73. The molecule has 108 valence electrons. The number of hydrogen-bond donors (Lipinski definition) is 0. The van der Waals surface area contributed by atoms with E-state index < -0.39 is 0 Å². The molecule has 2 rings (SSSR count). The number of hydrogen-bond acceptors (Lipinski definition) is 5. The number of piperidine rings is 1. The third-order valence-electron chi connectivity index (χ3n) is 4.36. The van der Waals surface area contributed by atoms with Crippen LogP contribution in [0.25, 0.3) is 0 Å². The number of carbonyl (C=O) groups is 2. The fourth-order valence-corrected chi connectivity index (χ4v) is 2.63. The predicted molar refractivity (Wildman–Crippen MR) is 69.5 cm³/mol. The topological polar surface area (TPSA) is 55.8 Å². The lowest BCUT2D eigenvalue weighted by molar-refractivity contribution is -0.158. The zero-order chi connectivity index (χ0) is 13.7. The second-order valence-electron chi connectivity index (χ2n) is 5.75. The maximum Gasteiger partial charge on any atom is 0.310 e. The van der Waals surface area contributed by atoms with E-state index in [1.165, 1.54) is 0 Å². The van der Waals surface area contributed by atoms with E-state index in [9.17, 15) is 9.59 Å². The van der Waals surface area contributed by atoms with Crippen molar-refractivity contribution in [3.8, 4) is 0 Å². The highest BCUT2D eigenvalue weighted by atomic mass is 16.5. The quantitative estimate of drug-likeness (QED) is 0.536. The van der Waals surface area contributed by atoms with Gasteiger partial charge in [0.15, 0.2) is 0 Å². The normalized spacial score (nSPS) is 23.6. The average molecular weight is 269 g/mol. The molecule has 0 aromatic heterocycles. The summed E-state index contributed by atoms with van der Waals surface area (Å²) in [4.78, 5) is 24.9. The highest BCUT2D eigenvalue weighted by Crippen LogP contribution is 2.30. The van der Waals surface area contributed by atoms with E-state index in [-0.39, 0.29) is 17.3 Å². The zero-order valence-electron chi connectivity index (χ0n) is 11.6. The summed E-state index contributed by atoms with van der Waals surface area (Å²) in [5, 5.41) is 0. The first kappa shape index (κ1) is 14.5. The second kappa shape index (κ2) is 6.48. The standard InChI is InChI=1S/C14H23NO4/c1-18-10-14(9-16)5-7-15(8-6-14)11-19-13(17)12-3-2-4-12/h9,12H,2-8,10-11H2,1H3. The van der Waals surface area contributed by atoms with E-state index in [1.807, 2.05) is 0 Å². The van der Waals surface area contributed by atoms with Crippen LogP contribution in [-0.2, 0) is 19.1 Å². The van der Waals surface area contributed by atoms with Gasteiger partial charge in [-0.2, -0.15) is 0 Å². The minimum absolute atomic E-state index is 0.0598. The van der Waals surface area contributed by atoms with E-state index >= 15 is 0 Å². The van der Waals surface area contributed by atoms with Crippen LogP contribution < -0.4 is 0 Å². The summed E-state index contributed by atoms with van der Waals surface area (Å²) < 4.78 is 10.4. The molecule has 5 nitrogen and oxygen atoms in total. The molecule has 0 amide bonds. The van der Waals surface area contributed by atoms with Gasteiger partial charge in [-0.1, -0.05) is 6.42 Å². The smallest absolute Gasteiger partial charge is 0.310 e. The minimum atomic E-state index is -0.344. The van der Waals surface area contributed by atoms with Gasteiger partial charge in [0.25, 0.3) is 0 Å². The lowest BCUT2D eigenvalue weighted by Gasteiger charge is -2.37. The number of likely N-dealkylation sites (tertiary alicyclic amines) is 1. The van der Waals surface area contributed by atoms with Crippen molar-refractivity contribution < 1.29 is 19.1 Å². The molecule has 0 atom stereocenters. The fourth-order valence-electron chi connectivity index (χ4n) is 2.63. The number of ether oxygens (including phenoxy) is 2. The number of carbonyl (C=O) groups excluding carboxylic acids is 2. The van der Waals surface area contributed by atoms with E-state index in [0.717, 1.165) is 51.5 Å². The summed E-state index contributed by atoms with van der Waals surface area (Å²) in [5.41, 5.74) is -0.344. The van der Waals surface area contributed by atoms with Gasteiger partial charge in [-0.3, -0.25) is 9.69 Å². The van der Waals surface area contributed by atoms with Crippen molar-refractivity contribution in [3.05, 3.63) is 0 Å². The highest BCUT2D eigenvalue weighted by Gasteiger charge is 2.35. The first-order valence-corrected chi connectivity index (χ1v) is 7.03. The first-order chi connectivity index (χ1) is 9.19. The average Bonchev–Trinajstić information content (AvgIpc) is 2.36. The van der Waals surface area contributed by atoms with Gasteiger partial charge >= 0.3 is 5.97 Å². The largest absolute Gasteiger partial charge is 0.449 e. The molecule has 0 bridgehead atoms. The van der Waals surface area contributed by atoms with E-state index in [4.69, 9.17) is 9.47 Å². The van der Waals surface area contributed by atoms with Crippen LogP contribution in [0.3, 0.4) is 0 Å². The summed E-state index contributed by atoms with van der Waals surface area (Å²) in [6, 6.07) is 0. The lowest BCUT2D eigenvalue weighted by Crippen LogP contribution is -2.44. The Kier molecular flexibility index (Phi) is 4.93. The first-order valence-electron chi connectivity index (χ1n) is 7.03. The molecule has 1 aliphatic carbocycles. The molecule has 0 aromatic rings. The SMILES string of the molecule is COCC1(C=O)CCN(COC(=O)C2CCC2)CC1. The lowest BCUT2D eigenvalue weighted by atomic mass is 9.81. The molecule has 0 unspecified atom stereocenters. The third-order valence-corrected chi connectivity index (χ3v) is 4.36. The molecule has 1 saturated carbocycles. The predicted octanol–water partition coefficient (Wildman–Crippen LogP) is 1.21. The fraction of sp³-hybridized carbons (Fsp3) is 0.857. The van der Waals surface area contributed by atoms with Crippen molar-refractivity contribution in [1.29, 1.82) is 0 Å². The summed E-state index contributed by atoms with van der Waals surface area (Å²) in [5.74, 6) is 0.0720. The van der Waals surface area contributed by atoms with Crippen molar-refractivity contribution in [2.75, 3.05) is 33.5 Å². The molecule has 0 aromatic carbocycles. The Morgan fingerprint density at radius 3 is 2.53 bits per heavy atom. The molecular weight excluding hydrogens is 246 g/mol. The van der Waals surface area contributed by atoms with Crippen LogP contribution in [0.1, 0.15) is 32.1 Å². The molecule has 0 radical (unpaired) electrons. The maximum absolute atomic E-state index is 11.6. The molecule has 2 aliphatic rings. The number of methoxy groups -OCH3 is 1. The van der Waals surface area contributed by atoms with E-state index in [2.05, 4.69) is 4.90 Å². The van der Waals surface area contributed by atoms with Gasteiger partial charge in [0.1, 0.15) is 13.0 Å².